The molecule has 0 fully saturated rings. The van der Waals surface area contributed by atoms with Crippen molar-refractivity contribution in [2.24, 2.45) is 0 Å². The van der Waals surface area contributed by atoms with Crippen LogP contribution in [0, 0.1) is 0 Å². The Balaban J connectivity index is 1.49. The van der Waals surface area contributed by atoms with Crippen molar-refractivity contribution in [2.75, 3.05) is 25.1 Å². The molecule has 0 unspecified atom stereocenters. The van der Waals surface area contributed by atoms with E-state index < -0.39 is 0 Å². The fraction of sp³-hybridized carbons (Fsp3) is 0.217. The van der Waals surface area contributed by atoms with Gasteiger partial charge in [-0.3, -0.25) is 0 Å². The van der Waals surface area contributed by atoms with Crippen LogP contribution in [0.25, 0.3) is 0 Å². The van der Waals surface area contributed by atoms with Gasteiger partial charge in [0.05, 0.1) is 6.61 Å². The van der Waals surface area contributed by atoms with Crippen LogP contribution in [-0.2, 0) is 11.3 Å². The maximum Gasteiger partial charge on any atom is 0.127 e. The van der Waals surface area contributed by atoms with Gasteiger partial charge in [-0.25, -0.2) is 0 Å². The van der Waals surface area contributed by atoms with Gasteiger partial charge in [0.1, 0.15) is 23.9 Å². The molecule has 0 spiro atoms. The molecule has 0 aliphatic carbocycles. The van der Waals surface area contributed by atoms with Crippen LogP contribution in [0.2, 0.25) is 0 Å². The first-order valence-corrected chi connectivity index (χ1v) is 9.20. The lowest BCUT2D eigenvalue weighted by Gasteiger charge is -2.11. The predicted octanol–water partition coefficient (Wildman–Crippen LogP) is 5.51. The zero-order chi connectivity index (χ0) is 18.7. The Morgan fingerprint density at radius 2 is 1.48 bits per heavy atom. The standard InChI is InChI=1S/C23H25NO3/c1-2-25-15-16-26-23-10-6-7-19(17-23)18-24-20-11-13-22(14-12-20)27-21-8-4-3-5-9-21/h3-14,17,24H,2,15-16,18H2,1H3. The van der Waals surface area contributed by atoms with Gasteiger partial charge in [-0.15, -0.1) is 0 Å². The summed E-state index contributed by atoms with van der Waals surface area (Å²) in [6.07, 6.45) is 0. The zero-order valence-corrected chi connectivity index (χ0v) is 15.6. The maximum atomic E-state index is 5.81. The van der Waals surface area contributed by atoms with Crippen molar-refractivity contribution in [3.05, 3.63) is 84.4 Å². The molecule has 3 aromatic rings. The molecule has 0 heterocycles. The molecule has 0 bridgehead atoms. The van der Waals surface area contributed by atoms with E-state index in [1.165, 1.54) is 0 Å². The maximum absolute atomic E-state index is 5.81. The van der Waals surface area contributed by atoms with E-state index in [-0.39, 0.29) is 0 Å². The van der Waals surface area contributed by atoms with Crippen molar-refractivity contribution in [1.82, 2.24) is 0 Å². The van der Waals surface area contributed by atoms with Crippen molar-refractivity contribution < 1.29 is 14.2 Å². The third-order valence-electron chi connectivity index (χ3n) is 3.93. The van der Waals surface area contributed by atoms with Crippen LogP contribution in [0.1, 0.15) is 12.5 Å². The molecular weight excluding hydrogens is 338 g/mol. The number of ether oxygens (including phenoxy) is 3. The lowest BCUT2D eigenvalue weighted by atomic mass is 10.2. The number of hydrogen-bond acceptors (Lipinski definition) is 4. The first-order valence-electron chi connectivity index (χ1n) is 9.20. The number of benzene rings is 3. The second kappa shape index (κ2) is 10.2. The SMILES string of the molecule is CCOCCOc1cccc(CNc2ccc(Oc3ccccc3)cc2)c1. The highest BCUT2D eigenvalue weighted by atomic mass is 16.5. The number of hydrogen-bond donors (Lipinski definition) is 1. The quantitative estimate of drug-likeness (QED) is 0.482. The van der Waals surface area contributed by atoms with Crippen LogP contribution in [0.3, 0.4) is 0 Å². The number of anilines is 1. The van der Waals surface area contributed by atoms with E-state index in [4.69, 9.17) is 14.2 Å². The molecule has 0 aromatic heterocycles. The lowest BCUT2D eigenvalue weighted by Crippen LogP contribution is -2.06. The molecule has 1 N–H and O–H groups in total. The molecule has 27 heavy (non-hydrogen) atoms. The molecule has 0 saturated heterocycles. The second-order valence-electron chi connectivity index (χ2n) is 5.99. The highest BCUT2D eigenvalue weighted by Gasteiger charge is 2.00. The van der Waals surface area contributed by atoms with Gasteiger partial charge < -0.3 is 19.5 Å². The minimum atomic E-state index is 0.563. The molecule has 4 nitrogen and oxygen atoms in total. The fourth-order valence-corrected chi connectivity index (χ4v) is 2.58. The van der Waals surface area contributed by atoms with Crippen LogP contribution in [-0.4, -0.2) is 19.8 Å². The van der Waals surface area contributed by atoms with Gasteiger partial charge in [-0.1, -0.05) is 30.3 Å². The third kappa shape index (κ3) is 6.35. The van der Waals surface area contributed by atoms with Crippen molar-refractivity contribution >= 4 is 5.69 Å². The normalized spacial score (nSPS) is 10.4. The molecule has 4 heteroatoms. The molecule has 3 aromatic carbocycles. The van der Waals surface area contributed by atoms with Crippen molar-refractivity contribution in [2.45, 2.75) is 13.5 Å². The Labute approximate surface area is 160 Å². The lowest BCUT2D eigenvalue weighted by molar-refractivity contribution is 0.110. The van der Waals surface area contributed by atoms with Crippen LogP contribution >= 0.6 is 0 Å². The van der Waals surface area contributed by atoms with Crippen LogP contribution in [0.4, 0.5) is 5.69 Å². The van der Waals surface area contributed by atoms with Gasteiger partial charge in [0, 0.05) is 18.8 Å². The fourth-order valence-electron chi connectivity index (χ4n) is 2.58. The van der Waals surface area contributed by atoms with Gasteiger partial charge in [0.15, 0.2) is 0 Å². The predicted molar refractivity (Wildman–Crippen MR) is 109 cm³/mol. The first-order chi connectivity index (χ1) is 13.3. The van der Waals surface area contributed by atoms with E-state index in [2.05, 4.69) is 11.4 Å². The summed E-state index contributed by atoms with van der Waals surface area (Å²) in [7, 11) is 0. The van der Waals surface area contributed by atoms with Crippen LogP contribution in [0.15, 0.2) is 78.9 Å². The number of rotatable bonds is 10. The average molecular weight is 363 g/mol. The van der Waals surface area contributed by atoms with E-state index in [9.17, 15) is 0 Å². The van der Waals surface area contributed by atoms with Gasteiger partial charge in [0.2, 0.25) is 0 Å². The summed E-state index contributed by atoms with van der Waals surface area (Å²) in [5, 5.41) is 3.42. The minimum absolute atomic E-state index is 0.563. The van der Waals surface area contributed by atoms with E-state index in [0.29, 0.717) is 19.8 Å². The summed E-state index contributed by atoms with van der Waals surface area (Å²) in [6.45, 7) is 4.58. The summed E-state index contributed by atoms with van der Waals surface area (Å²) >= 11 is 0. The van der Waals surface area contributed by atoms with Crippen molar-refractivity contribution in [3.63, 3.8) is 0 Å². The summed E-state index contributed by atoms with van der Waals surface area (Å²) in [6, 6.07) is 25.8. The summed E-state index contributed by atoms with van der Waals surface area (Å²) in [5.41, 5.74) is 2.20. The molecular formula is C23H25NO3. The van der Waals surface area contributed by atoms with Crippen LogP contribution in [0.5, 0.6) is 17.2 Å². The smallest absolute Gasteiger partial charge is 0.127 e. The molecule has 0 aliphatic heterocycles. The van der Waals surface area contributed by atoms with Gasteiger partial charge >= 0.3 is 0 Å². The summed E-state index contributed by atoms with van der Waals surface area (Å²) < 4.78 is 16.8. The largest absolute Gasteiger partial charge is 0.491 e. The number of nitrogens with one attached hydrogen (secondary N) is 1. The summed E-state index contributed by atoms with van der Waals surface area (Å²) in [4.78, 5) is 0. The van der Waals surface area contributed by atoms with E-state index >= 15 is 0 Å². The Morgan fingerprint density at radius 3 is 2.26 bits per heavy atom. The zero-order valence-electron chi connectivity index (χ0n) is 15.6. The average Bonchev–Trinajstić information content (AvgIpc) is 2.72. The van der Waals surface area contributed by atoms with Crippen LogP contribution < -0.4 is 14.8 Å². The van der Waals surface area contributed by atoms with Gasteiger partial charge in [0.25, 0.3) is 0 Å². The van der Waals surface area contributed by atoms with E-state index in [1.807, 2.05) is 79.7 Å². The topological polar surface area (TPSA) is 39.7 Å². The monoisotopic (exact) mass is 363 g/mol. The molecule has 3 rings (SSSR count). The molecule has 0 radical (unpaired) electrons. The summed E-state index contributed by atoms with van der Waals surface area (Å²) in [5.74, 6) is 2.51. The van der Waals surface area contributed by atoms with Crippen molar-refractivity contribution in [1.29, 1.82) is 0 Å². The molecule has 0 saturated carbocycles. The Hall–Kier alpha value is -2.98. The molecule has 0 aliphatic rings. The Kier molecular flexibility index (Phi) is 7.13. The molecule has 0 atom stereocenters. The number of para-hydroxylation sites is 1. The first kappa shape index (κ1) is 18.8. The van der Waals surface area contributed by atoms with Crippen molar-refractivity contribution in [3.8, 4) is 17.2 Å². The minimum Gasteiger partial charge on any atom is -0.491 e. The molecule has 0 amide bonds. The Bertz CT molecular complexity index is 803. The highest BCUT2D eigenvalue weighted by molar-refractivity contribution is 5.48. The van der Waals surface area contributed by atoms with E-state index in [1.54, 1.807) is 0 Å². The highest BCUT2D eigenvalue weighted by Crippen LogP contribution is 2.23. The Morgan fingerprint density at radius 1 is 0.741 bits per heavy atom. The second-order valence-corrected chi connectivity index (χ2v) is 5.99. The van der Waals surface area contributed by atoms with E-state index in [0.717, 1.165) is 35.0 Å². The van der Waals surface area contributed by atoms with Gasteiger partial charge in [-0.05, 0) is 61.0 Å². The van der Waals surface area contributed by atoms with Gasteiger partial charge in [-0.2, -0.15) is 0 Å². The third-order valence-corrected chi connectivity index (χ3v) is 3.93. The molecule has 140 valence electrons.